The van der Waals surface area contributed by atoms with Crippen LogP contribution in [0.5, 0.6) is 0 Å². The minimum Gasteiger partial charge on any atom is -0.325 e. The molecule has 0 radical (unpaired) electrons. The van der Waals surface area contributed by atoms with Gasteiger partial charge in [-0.15, -0.1) is 0 Å². The zero-order chi connectivity index (χ0) is 24.0. The molecule has 1 aliphatic rings. The maximum absolute atomic E-state index is 13.2. The molecule has 0 saturated carbocycles. The molecule has 0 spiro atoms. The number of benzene rings is 1. The fourth-order valence-electron chi connectivity index (χ4n) is 4.04. The summed E-state index contributed by atoms with van der Waals surface area (Å²) in [5.41, 5.74) is 0.438. The highest BCUT2D eigenvalue weighted by Gasteiger charge is 2.33. The summed E-state index contributed by atoms with van der Waals surface area (Å²) in [5, 5.41) is 2.85. The lowest BCUT2D eigenvalue weighted by atomic mass is 9.97. The van der Waals surface area contributed by atoms with Gasteiger partial charge in [0.15, 0.2) is 0 Å². The molecule has 1 aromatic heterocycles. The van der Waals surface area contributed by atoms with E-state index in [0.717, 1.165) is 74.4 Å². The molecule has 0 unspecified atom stereocenters. The number of nitrogens with zero attached hydrogens (tertiary/aromatic N) is 3. The molecule has 33 heavy (non-hydrogen) atoms. The zero-order valence-electron chi connectivity index (χ0n) is 18.9. The third-order valence-corrected chi connectivity index (χ3v) is 6.85. The van der Waals surface area contributed by atoms with Gasteiger partial charge in [-0.2, -0.15) is 18.2 Å². The monoisotopic (exact) mass is 482 g/mol. The molecule has 1 amide bonds. The molecular weight excluding hydrogens is 453 g/mol. The smallest absolute Gasteiger partial charge is 0.325 e. The average Bonchev–Trinajstić information content (AvgIpc) is 2.79. The molecule has 0 aliphatic heterocycles. The van der Waals surface area contributed by atoms with Crippen molar-refractivity contribution in [2.24, 2.45) is 0 Å². The van der Waals surface area contributed by atoms with Crippen LogP contribution in [0.4, 0.5) is 18.9 Å². The number of anilines is 1. The van der Waals surface area contributed by atoms with Crippen molar-refractivity contribution in [3.63, 3.8) is 0 Å². The number of hydrogen-bond donors (Lipinski definition) is 1. The Kier molecular flexibility index (Phi) is 8.58. The molecule has 10 heteroatoms. The largest absolute Gasteiger partial charge is 0.418 e. The van der Waals surface area contributed by atoms with E-state index in [0.29, 0.717) is 11.6 Å². The van der Waals surface area contributed by atoms with Gasteiger partial charge >= 0.3 is 11.9 Å². The van der Waals surface area contributed by atoms with E-state index in [-0.39, 0.29) is 17.1 Å². The van der Waals surface area contributed by atoms with Gasteiger partial charge < -0.3 is 10.2 Å². The quantitative estimate of drug-likeness (QED) is 0.428. The van der Waals surface area contributed by atoms with Gasteiger partial charge in [0, 0.05) is 24.3 Å². The number of alkyl halides is 3. The Bertz CT molecular complexity index is 1040. The van der Waals surface area contributed by atoms with Gasteiger partial charge in [-0.3, -0.25) is 9.36 Å². The van der Waals surface area contributed by atoms with Crippen molar-refractivity contribution in [2.45, 2.75) is 57.3 Å². The van der Waals surface area contributed by atoms with Gasteiger partial charge in [0.1, 0.15) is 5.03 Å². The van der Waals surface area contributed by atoms with Gasteiger partial charge in [0.25, 0.3) is 0 Å². The lowest BCUT2D eigenvalue weighted by Crippen LogP contribution is -2.35. The van der Waals surface area contributed by atoms with Crippen LogP contribution in [0, 0.1) is 0 Å². The lowest BCUT2D eigenvalue weighted by Gasteiger charge is -2.24. The number of rotatable bonds is 9. The van der Waals surface area contributed by atoms with E-state index in [2.05, 4.69) is 29.0 Å². The molecule has 3 rings (SSSR count). The van der Waals surface area contributed by atoms with E-state index in [1.807, 2.05) is 0 Å². The summed E-state index contributed by atoms with van der Waals surface area (Å²) in [5.74, 6) is -0.706. The van der Waals surface area contributed by atoms with Crippen LogP contribution in [0.1, 0.15) is 43.5 Å². The SMILES string of the molecule is CCN(CC)CCn1c2c(c(SCC(=O)Nc3ccccc3C(F)(F)F)nc1=O)CCCC2. The predicted molar refractivity (Wildman–Crippen MR) is 124 cm³/mol. The average molecular weight is 483 g/mol. The summed E-state index contributed by atoms with van der Waals surface area (Å²) < 4.78 is 41.3. The number of carbonyl (C=O) groups is 1. The summed E-state index contributed by atoms with van der Waals surface area (Å²) in [4.78, 5) is 31.7. The maximum atomic E-state index is 13.2. The Morgan fingerprint density at radius 2 is 1.88 bits per heavy atom. The molecule has 1 aromatic carbocycles. The van der Waals surface area contributed by atoms with Crippen molar-refractivity contribution in [3.05, 3.63) is 51.6 Å². The van der Waals surface area contributed by atoms with E-state index in [1.54, 1.807) is 4.57 Å². The number of para-hydroxylation sites is 1. The predicted octanol–water partition coefficient (Wildman–Crippen LogP) is 4.21. The number of likely N-dealkylation sites (N-methyl/N-ethyl adjacent to an activating group) is 1. The number of hydrogen-bond acceptors (Lipinski definition) is 5. The van der Waals surface area contributed by atoms with Crippen LogP contribution in [0.3, 0.4) is 0 Å². The van der Waals surface area contributed by atoms with E-state index in [9.17, 15) is 22.8 Å². The lowest BCUT2D eigenvalue weighted by molar-refractivity contribution is -0.137. The molecule has 0 saturated heterocycles. The maximum Gasteiger partial charge on any atom is 0.418 e. The Morgan fingerprint density at radius 3 is 2.58 bits per heavy atom. The van der Waals surface area contributed by atoms with Crippen LogP contribution in [-0.2, 0) is 30.4 Å². The van der Waals surface area contributed by atoms with Crippen LogP contribution in [0.15, 0.2) is 34.1 Å². The number of thioether (sulfide) groups is 1. The molecular formula is C23H29F3N4O2S. The molecule has 0 atom stereocenters. The first-order valence-corrected chi connectivity index (χ1v) is 12.2. The summed E-state index contributed by atoms with van der Waals surface area (Å²) in [6.45, 7) is 7.29. The summed E-state index contributed by atoms with van der Waals surface area (Å²) >= 11 is 1.10. The summed E-state index contributed by atoms with van der Waals surface area (Å²) in [6, 6.07) is 4.87. The Morgan fingerprint density at radius 1 is 1.18 bits per heavy atom. The highest BCUT2D eigenvalue weighted by Crippen LogP contribution is 2.35. The Labute approximate surface area is 195 Å². The first-order valence-electron chi connectivity index (χ1n) is 11.2. The molecule has 180 valence electrons. The van der Waals surface area contributed by atoms with Crippen molar-refractivity contribution in [1.82, 2.24) is 14.5 Å². The first kappa shape index (κ1) is 25.3. The van der Waals surface area contributed by atoms with E-state index in [1.165, 1.54) is 18.2 Å². The first-order chi connectivity index (χ1) is 15.7. The van der Waals surface area contributed by atoms with Crippen LogP contribution < -0.4 is 11.0 Å². The molecule has 2 aromatic rings. The van der Waals surface area contributed by atoms with Crippen molar-refractivity contribution < 1.29 is 18.0 Å². The minimum absolute atomic E-state index is 0.130. The standard InChI is InChI=1S/C23H29F3N4O2S/c1-3-29(4-2)13-14-30-19-12-8-5-9-16(19)21(28-22(30)32)33-15-20(31)27-18-11-7-6-10-17(18)23(24,25)26/h6-7,10-11H,3-5,8-9,12-15H2,1-2H3,(H,27,31). The number of carbonyl (C=O) groups excluding carboxylic acids is 1. The van der Waals surface area contributed by atoms with Crippen LogP contribution in [-0.4, -0.2) is 45.7 Å². The van der Waals surface area contributed by atoms with Crippen molar-refractivity contribution in [3.8, 4) is 0 Å². The van der Waals surface area contributed by atoms with Gasteiger partial charge in [-0.1, -0.05) is 37.7 Å². The normalized spacial score (nSPS) is 13.8. The Hall–Kier alpha value is -2.33. The topological polar surface area (TPSA) is 67.2 Å². The van der Waals surface area contributed by atoms with Crippen molar-refractivity contribution >= 4 is 23.4 Å². The molecule has 0 bridgehead atoms. The van der Waals surface area contributed by atoms with Gasteiger partial charge in [0.05, 0.1) is 17.0 Å². The van der Waals surface area contributed by atoms with Crippen LogP contribution in [0.25, 0.3) is 0 Å². The number of aromatic nitrogens is 2. The van der Waals surface area contributed by atoms with Crippen LogP contribution >= 0.6 is 11.8 Å². The number of amides is 1. The highest BCUT2D eigenvalue weighted by atomic mass is 32.2. The number of halogens is 3. The van der Waals surface area contributed by atoms with E-state index >= 15 is 0 Å². The third kappa shape index (κ3) is 6.38. The van der Waals surface area contributed by atoms with Gasteiger partial charge in [-0.25, -0.2) is 4.79 Å². The van der Waals surface area contributed by atoms with Crippen molar-refractivity contribution in [2.75, 3.05) is 30.7 Å². The fourth-order valence-corrected chi connectivity index (χ4v) is 4.92. The summed E-state index contributed by atoms with van der Waals surface area (Å²) in [6.07, 6.45) is -1.05. The van der Waals surface area contributed by atoms with Gasteiger partial charge in [0.2, 0.25) is 5.91 Å². The highest BCUT2D eigenvalue weighted by molar-refractivity contribution is 8.00. The van der Waals surface area contributed by atoms with E-state index in [4.69, 9.17) is 0 Å². The molecule has 0 fully saturated rings. The molecule has 1 heterocycles. The zero-order valence-corrected chi connectivity index (χ0v) is 19.7. The van der Waals surface area contributed by atoms with E-state index < -0.39 is 17.6 Å². The van der Waals surface area contributed by atoms with Crippen LogP contribution in [0.2, 0.25) is 0 Å². The number of fused-ring (bicyclic) bond motifs is 1. The second-order valence-corrected chi connectivity index (χ2v) is 8.85. The minimum atomic E-state index is -4.56. The molecule has 1 aliphatic carbocycles. The summed E-state index contributed by atoms with van der Waals surface area (Å²) in [7, 11) is 0. The molecule has 1 N–H and O–H groups in total. The number of nitrogens with one attached hydrogen (secondary N) is 1. The fraction of sp³-hybridized carbons (Fsp3) is 0.522. The second kappa shape index (κ2) is 11.2. The van der Waals surface area contributed by atoms with Gasteiger partial charge in [-0.05, 0) is 50.9 Å². The Balaban J connectivity index is 1.75. The van der Waals surface area contributed by atoms with Crippen molar-refractivity contribution in [1.29, 1.82) is 0 Å². The molecule has 6 nitrogen and oxygen atoms in total. The third-order valence-electron chi connectivity index (χ3n) is 5.83. The second-order valence-electron chi connectivity index (χ2n) is 7.89.